The van der Waals surface area contributed by atoms with E-state index < -0.39 is 18.7 Å². The molecule has 4 bridgehead atoms. The highest BCUT2D eigenvalue weighted by atomic mass is 31.2. The van der Waals surface area contributed by atoms with Gasteiger partial charge < -0.3 is 4.52 Å². The maximum Gasteiger partial charge on any atom is 0.373 e. The third kappa shape index (κ3) is 1.73. The maximum absolute atomic E-state index is 14.1. The fourth-order valence-corrected chi connectivity index (χ4v) is 9.97. The number of benzene rings is 1. The molecule has 4 aliphatic carbocycles. The standard InChI is InChI=1S/C19H23O8P/c1-23-28(22)16-14(17-8-11-5-12(9-17)7-13(6-11)10-17)3-2-4-15(16)18(24-20)19(28,25-21)27-26-18/h2-4,11-13,20-21H,5-10H2,1H3. The monoisotopic (exact) mass is 410 g/mol. The van der Waals surface area contributed by atoms with Crippen LogP contribution in [0.3, 0.4) is 0 Å². The van der Waals surface area contributed by atoms with Crippen molar-refractivity contribution >= 4 is 12.7 Å². The Morgan fingerprint density at radius 1 is 1.00 bits per heavy atom. The van der Waals surface area contributed by atoms with E-state index in [0.717, 1.165) is 24.8 Å². The van der Waals surface area contributed by atoms with Gasteiger partial charge in [-0.25, -0.2) is 10.5 Å². The third-order valence-corrected chi connectivity index (χ3v) is 10.7. The van der Waals surface area contributed by atoms with E-state index in [2.05, 4.69) is 9.78 Å². The van der Waals surface area contributed by atoms with E-state index in [1.807, 2.05) is 12.1 Å². The fourth-order valence-electron chi connectivity index (χ4n) is 7.25. The molecule has 0 radical (unpaired) electrons. The summed E-state index contributed by atoms with van der Waals surface area (Å²) in [6, 6.07) is 5.46. The van der Waals surface area contributed by atoms with Crippen LogP contribution in [0.15, 0.2) is 18.2 Å². The van der Waals surface area contributed by atoms with Crippen LogP contribution in [-0.4, -0.2) is 23.2 Å². The summed E-state index contributed by atoms with van der Waals surface area (Å²) in [4.78, 5) is 19.2. The van der Waals surface area contributed by atoms with Crippen molar-refractivity contribution in [1.82, 2.24) is 0 Å². The zero-order valence-electron chi connectivity index (χ0n) is 15.5. The van der Waals surface area contributed by atoms with E-state index in [1.54, 1.807) is 6.07 Å². The van der Waals surface area contributed by atoms with Gasteiger partial charge in [0, 0.05) is 12.7 Å². The Balaban J connectivity index is 1.61. The minimum absolute atomic E-state index is 0.106. The van der Waals surface area contributed by atoms with E-state index >= 15 is 0 Å². The molecule has 3 unspecified atom stereocenters. The highest BCUT2D eigenvalue weighted by Gasteiger charge is 2.86. The molecule has 2 aliphatic heterocycles. The molecule has 2 N–H and O–H groups in total. The molecule has 0 spiro atoms. The molecule has 2 heterocycles. The Hall–Kier alpha value is -0.830. The Bertz CT molecular complexity index is 859. The first-order valence-corrected chi connectivity index (χ1v) is 11.4. The van der Waals surface area contributed by atoms with Crippen LogP contribution in [0.25, 0.3) is 0 Å². The zero-order chi connectivity index (χ0) is 19.4. The van der Waals surface area contributed by atoms with Gasteiger partial charge >= 0.3 is 18.7 Å². The number of rotatable bonds is 4. The van der Waals surface area contributed by atoms with Crippen LogP contribution in [0, 0.1) is 17.8 Å². The molecule has 9 heteroatoms. The highest BCUT2D eigenvalue weighted by Crippen LogP contribution is 2.77. The molecule has 1 aromatic carbocycles. The van der Waals surface area contributed by atoms with Crippen molar-refractivity contribution in [3.05, 3.63) is 29.3 Å². The van der Waals surface area contributed by atoms with Gasteiger partial charge in [-0.1, -0.05) is 18.2 Å². The summed E-state index contributed by atoms with van der Waals surface area (Å²) in [5, 5.41) is 19.7. The molecule has 6 aliphatic rings. The average molecular weight is 410 g/mol. The van der Waals surface area contributed by atoms with E-state index in [4.69, 9.17) is 14.3 Å². The SMILES string of the molecule is COP1(=O)c2c(C34CC5CC(CC(C5)C3)C4)cccc2C2(OO)OOC21OO. The summed E-state index contributed by atoms with van der Waals surface area (Å²) in [5.74, 6) is -0.0108. The van der Waals surface area contributed by atoms with E-state index in [0.29, 0.717) is 28.6 Å². The second-order valence-electron chi connectivity index (χ2n) is 9.18. The lowest BCUT2D eigenvalue weighted by Gasteiger charge is -2.57. The minimum Gasteiger partial charge on any atom is -0.325 e. The summed E-state index contributed by atoms with van der Waals surface area (Å²) in [6.07, 6.45) is 6.95. The smallest absolute Gasteiger partial charge is 0.325 e. The lowest BCUT2D eigenvalue weighted by Crippen LogP contribution is -2.63. The first-order chi connectivity index (χ1) is 13.5. The Morgan fingerprint density at radius 3 is 2.07 bits per heavy atom. The van der Waals surface area contributed by atoms with Crippen molar-refractivity contribution in [3.8, 4) is 0 Å². The van der Waals surface area contributed by atoms with Gasteiger partial charge in [-0.3, -0.25) is 4.57 Å². The molecule has 1 saturated heterocycles. The van der Waals surface area contributed by atoms with Gasteiger partial charge in [0.25, 0.3) is 0 Å². The first kappa shape index (κ1) is 18.0. The van der Waals surface area contributed by atoms with Crippen LogP contribution in [-0.2, 0) is 39.8 Å². The van der Waals surface area contributed by atoms with Crippen molar-refractivity contribution in [2.45, 2.75) is 55.3 Å². The van der Waals surface area contributed by atoms with Crippen LogP contribution < -0.4 is 5.30 Å². The third-order valence-electron chi connectivity index (χ3n) is 7.88. The largest absolute Gasteiger partial charge is 0.373 e. The summed E-state index contributed by atoms with van der Waals surface area (Å²) >= 11 is 0. The van der Waals surface area contributed by atoms with Crippen LogP contribution in [0.1, 0.15) is 49.7 Å². The summed E-state index contributed by atoms with van der Waals surface area (Å²) in [7, 11) is -2.70. The van der Waals surface area contributed by atoms with E-state index in [1.165, 1.54) is 26.4 Å². The molecule has 152 valence electrons. The van der Waals surface area contributed by atoms with Gasteiger partial charge in [-0.2, -0.15) is 19.6 Å². The molecule has 28 heavy (non-hydrogen) atoms. The van der Waals surface area contributed by atoms with E-state index in [9.17, 15) is 15.1 Å². The average Bonchev–Trinajstić information content (AvgIpc) is 2.79. The first-order valence-electron chi connectivity index (χ1n) is 9.80. The zero-order valence-corrected chi connectivity index (χ0v) is 16.4. The molecule has 0 aromatic heterocycles. The Morgan fingerprint density at radius 2 is 1.61 bits per heavy atom. The fraction of sp³-hybridized carbons (Fsp3) is 0.684. The second kappa shape index (κ2) is 5.45. The summed E-state index contributed by atoms with van der Waals surface area (Å²) in [6.45, 7) is 0. The normalized spacial score (nSPS) is 50.3. The van der Waals surface area contributed by atoms with Crippen molar-refractivity contribution in [3.63, 3.8) is 0 Å². The Kier molecular flexibility index (Phi) is 3.50. The van der Waals surface area contributed by atoms with Crippen molar-refractivity contribution in [1.29, 1.82) is 0 Å². The van der Waals surface area contributed by atoms with Gasteiger partial charge in [0.05, 0.1) is 5.30 Å². The number of hydrogen-bond donors (Lipinski definition) is 2. The van der Waals surface area contributed by atoms with Crippen LogP contribution in [0.2, 0.25) is 0 Å². The molecule has 1 aromatic rings. The topological polar surface area (TPSA) is 104 Å². The molecule has 8 nitrogen and oxygen atoms in total. The maximum atomic E-state index is 14.1. The lowest BCUT2D eigenvalue weighted by molar-refractivity contribution is -0.702. The molecule has 0 amide bonds. The van der Waals surface area contributed by atoms with Crippen molar-refractivity contribution in [2.75, 3.05) is 7.11 Å². The van der Waals surface area contributed by atoms with Gasteiger partial charge in [0.2, 0.25) is 0 Å². The van der Waals surface area contributed by atoms with Crippen LogP contribution >= 0.6 is 7.37 Å². The van der Waals surface area contributed by atoms with Gasteiger partial charge in [0.15, 0.2) is 0 Å². The van der Waals surface area contributed by atoms with Gasteiger partial charge in [0.1, 0.15) is 0 Å². The van der Waals surface area contributed by atoms with Crippen molar-refractivity contribution in [2.24, 2.45) is 17.8 Å². The number of fused-ring (bicyclic) bond motifs is 3. The summed E-state index contributed by atoms with van der Waals surface area (Å²) < 4.78 is 19.6. The molecule has 4 saturated carbocycles. The molecule has 7 rings (SSSR count). The van der Waals surface area contributed by atoms with Gasteiger partial charge in [-0.15, -0.1) is 0 Å². The van der Waals surface area contributed by atoms with Crippen LogP contribution in [0.5, 0.6) is 0 Å². The quantitative estimate of drug-likeness (QED) is 0.442. The second-order valence-corrected chi connectivity index (χ2v) is 11.7. The predicted molar refractivity (Wildman–Crippen MR) is 94.5 cm³/mol. The molecule has 5 fully saturated rings. The molecule has 3 atom stereocenters. The van der Waals surface area contributed by atoms with Crippen LogP contribution in [0.4, 0.5) is 0 Å². The van der Waals surface area contributed by atoms with E-state index in [-0.39, 0.29) is 5.41 Å². The minimum atomic E-state index is -3.98. The Labute approximate surface area is 161 Å². The predicted octanol–water partition coefficient (Wildman–Crippen LogP) is 3.47. The molecular formula is C19H23O8P. The highest BCUT2D eigenvalue weighted by molar-refractivity contribution is 7.69. The van der Waals surface area contributed by atoms with Crippen molar-refractivity contribution < 1.29 is 39.2 Å². The number of hydrogen-bond acceptors (Lipinski definition) is 8. The lowest BCUT2D eigenvalue weighted by atomic mass is 9.48. The summed E-state index contributed by atoms with van der Waals surface area (Å²) in [5.41, 5.74) is -1.16. The van der Waals surface area contributed by atoms with Gasteiger partial charge in [-0.05, 0) is 67.3 Å². The molecular weight excluding hydrogens is 387 g/mol.